The molecule has 2 fully saturated rings. The van der Waals surface area contributed by atoms with Gasteiger partial charge >= 0.3 is 0 Å². The summed E-state index contributed by atoms with van der Waals surface area (Å²) in [7, 11) is 0. The molecule has 2 aromatic carbocycles. The minimum atomic E-state index is 0.0354. The lowest BCUT2D eigenvalue weighted by Gasteiger charge is -2.53. The van der Waals surface area contributed by atoms with Crippen LogP contribution in [-0.4, -0.2) is 11.4 Å². The Morgan fingerprint density at radius 1 is 0.577 bits per heavy atom. The van der Waals surface area contributed by atoms with Crippen LogP contribution < -0.4 is 0 Å². The average molecular weight is 340 g/mol. The van der Waals surface area contributed by atoms with Crippen molar-refractivity contribution in [2.75, 3.05) is 0 Å². The quantitative estimate of drug-likeness (QED) is 0.592. The molecule has 0 bridgehead atoms. The topological polar surface area (TPSA) is 24.7 Å². The number of fused-ring (bicyclic) bond motifs is 7. The molecular weight excluding hydrogens is 316 g/mol. The molecule has 130 valence electrons. The van der Waals surface area contributed by atoms with Gasteiger partial charge in [0.15, 0.2) is 0 Å². The predicted molar refractivity (Wildman–Crippen MR) is 107 cm³/mol. The van der Waals surface area contributed by atoms with Crippen LogP contribution in [0.3, 0.4) is 0 Å². The first-order valence-corrected chi connectivity index (χ1v) is 10.2. The van der Waals surface area contributed by atoms with E-state index < -0.39 is 0 Å². The zero-order chi connectivity index (χ0) is 17.2. The van der Waals surface area contributed by atoms with Crippen molar-refractivity contribution in [1.29, 1.82) is 0 Å². The van der Waals surface area contributed by atoms with Crippen molar-refractivity contribution in [1.82, 2.24) is 0 Å². The fourth-order valence-corrected chi connectivity index (χ4v) is 6.50. The van der Waals surface area contributed by atoms with E-state index in [1.54, 1.807) is 0 Å². The number of hydrogen-bond acceptors (Lipinski definition) is 2. The Bertz CT molecular complexity index is 890. The van der Waals surface area contributed by atoms with Gasteiger partial charge in [-0.15, -0.1) is 0 Å². The number of aliphatic imine (C=N–C) groups is 2. The van der Waals surface area contributed by atoms with E-state index >= 15 is 0 Å². The first-order chi connectivity index (χ1) is 12.9. The third-order valence-corrected chi connectivity index (χ3v) is 7.38. The maximum Gasteiger partial charge on any atom is 0.0671 e. The first kappa shape index (κ1) is 14.9. The van der Waals surface area contributed by atoms with Crippen LogP contribution in [0.15, 0.2) is 58.5 Å². The van der Waals surface area contributed by atoms with Crippen LogP contribution in [0.1, 0.15) is 62.5 Å². The highest BCUT2D eigenvalue weighted by Gasteiger charge is 2.63. The van der Waals surface area contributed by atoms with Gasteiger partial charge in [-0.2, -0.15) is 0 Å². The molecule has 2 aliphatic carbocycles. The third-order valence-electron chi connectivity index (χ3n) is 7.38. The van der Waals surface area contributed by atoms with Gasteiger partial charge in [0.1, 0.15) is 0 Å². The Balaban J connectivity index is 1.70. The van der Waals surface area contributed by atoms with E-state index in [9.17, 15) is 0 Å². The van der Waals surface area contributed by atoms with E-state index in [1.807, 2.05) is 0 Å². The molecule has 6 rings (SSSR count). The number of rotatable bonds is 1. The SMILES string of the molecule is c1ccc2c(c1)N=C1CCCCC12C12CCCCC1=Nc1ccccc12. The van der Waals surface area contributed by atoms with Crippen molar-refractivity contribution in [2.45, 2.75) is 62.2 Å². The second kappa shape index (κ2) is 5.16. The molecule has 2 unspecified atom stereocenters. The fraction of sp³-hybridized carbons (Fsp3) is 0.417. The highest BCUT2D eigenvalue weighted by atomic mass is 14.9. The normalized spacial score (nSPS) is 31.4. The van der Waals surface area contributed by atoms with Gasteiger partial charge in [-0.05, 0) is 61.8 Å². The Kier molecular flexibility index (Phi) is 2.95. The van der Waals surface area contributed by atoms with Crippen LogP contribution in [0.5, 0.6) is 0 Å². The van der Waals surface area contributed by atoms with Gasteiger partial charge in [0.25, 0.3) is 0 Å². The second-order valence-corrected chi connectivity index (χ2v) is 8.38. The molecule has 2 aliphatic heterocycles. The maximum atomic E-state index is 5.21. The summed E-state index contributed by atoms with van der Waals surface area (Å²) in [4.78, 5) is 10.4. The van der Waals surface area contributed by atoms with Gasteiger partial charge in [0, 0.05) is 11.4 Å². The summed E-state index contributed by atoms with van der Waals surface area (Å²) in [5.74, 6) is 0. The van der Waals surface area contributed by atoms with Gasteiger partial charge in [-0.1, -0.05) is 49.2 Å². The number of nitrogens with zero attached hydrogens (tertiary/aromatic N) is 2. The molecule has 2 atom stereocenters. The molecule has 0 aromatic heterocycles. The maximum absolute atomic E-state index is 5.21. The molecule has 2 saturated carbocycles. The Labute approximate surface area is 155 Å². The highest BCUT2D eigenvalue weighted by Crippen LogP contribution is 2.64. The van der Waals surface area contributed by atoms with Crippen molar-refractivity contribution in [2.24, 2.45) is 9.98 Å². The Morgan fingerprint density at radius 3 is 1.54 bits per heavy atom. The second-order valence-electron chi connectivity index (χ2n) is 8.38. The molecule has 26 heavy (non-hydrogen) atoms. The average Bonchev–Trinajstić information content (AvgIpc) is 3.22. The molecule has 2 aromatic rings. The number of hydrogen-bond donors (Lipinski definition) is 0. The molecule has 2 heterocycles. The first-order valence-electron chi connectivity index (χ1n) is 10.2. The molecule has 2 heteroatoms. The van der Waals surface area contributed by atoms with E-state index in [0.29, 0.717) is 0 Å². The minimum Gasteiger partial charge on any atom is -0.257 e. The monoisotopic (exact) mass is 340 g/mol. The summed E-state index contributed by atoms with van der Waals surface area (Å²) in [6.45, 7) is 0. The Morgan fingerprint density at radius 2 is 1.04 bits per heavy atom. The van der Waals surface area contributed by atoms with Crippen LogP contribution in [0.4, 0.5) is 11.4 Å². The summed E-state index contributed by atoms with van der Waals surface area (Å²) >= 11 is 0. The van der Waals surface area contributed by atoms with Gasteiger partial charge in [0.05, 0.1) is 22.2 Å². The van der Waals surface area contributed by atoms with Crippen LogP contribution >= 0.6 is 0 Å². The third kappa shape index (κ3) is 1.60. The molecule has 0 amide bonds. The predicted octanol–water partition coefficient (Wildman–Crippen LogP) is 6.18. The lowest BCUT2D eigenvalue weighted by molar-refractivity contribution is 0.294. The summed E-state index contributed by atoms with van der Waals surface area (Å²) in [6, 6.07) is 17.9. The standard InChI is InChI=1S/C24H24N2/c1-3-11-19-17(9-1)23(15-7-5-13-21(23)25-19)24-16-8-6-14-22(24)26-20-12-4-2-10-18(20)24/h1-4,9-12H,5-8,13-16H2. The van der Waals surface area contributed by atoms with E-state index in [0.717, 1.165) is 12.8 Å². The lowest BCUT2D eigenvalue weighted by Crippen LogP contribution is -2.58. The largest absolute Gasteiger partial charge is 0.257 e. The minimum absolute atomic E-state index is 0.0354. The van der Waals surface area contributed by atoms with Crippen molar-refractivity contribution >= 4 is 22.8 Å². The summed E-state index contributed by atoms with van der Waals surface area (Å²) in [6.07, 6.45) is 9.87. The Hall–Kier alpha value is -2.22. The molecule has 0 spiro atoms. The zero-order valence-corrected chi connectivity index (χ0v) is 15.2. The molecule has 0 radical (unpaired) electrons. The van der Waals surface area contributed by atoms with Crippen LogP contribution in [-0.2, 0) is 10.8 Å². The van der Waals surface area contributed by atoms with E-state index in [2.05, 4.69) is 48.5 Å². The van der Waals surface area contributed by atoms with Crippen LogP contribution in [0.2, 0.25) is 0 Å². The van der Waals surface area contributed by atoms with E-state index in [1.165, 1.54) is 72.4 Å². The molecule has 4 aliphatic rings. The van der Waals surface area contributed by atoms with Gasteiger partial charge in [-0.3, -0.25) is 9.98 Å². The smallest absolute Gasteiger partial charge is 0.0671 e. The number of benzene rings is 2. The van der Waals surface area contributed by atoms with Gasteiger partial charge in [0.2, 0.25) is 0 Å². The van der Waals surface area contributed by atoms with Gasteiger partial charge < -0.3 is 0 Å². The van der Waals surface area contributed by atoms with Crippen molar-refractivity contribution < 1.29 is 0 Å². The van der Waals surface area contributed by atoms with E-state index in [-0.39, 0.29) is 10.8 Å². The number of para-hydroxylation sites is 2. The van der Waals surface area contributed by atoms with Crippen LogP contribution in [0.25, 0.3) is 0 Å². The fourth-order valence-electron chi connectivity index (χ4n) is 6.50. The van der Waals surface area contributed by atoms with Crippen molar-refractivity contribution in [3.63, 3.8) is 0 Å². The molecular formula is C24H24N2. The lowest BCUT2D eigenvalue weighted by atomic mass is 9.47. The summed E-state index contributed by atoms with van der Waals surface area (Å²) in [5.41, 5.74) is 8.33. The van der Waals surface area contributed by atoms with Crippen LogP contribution in [0, 0.1) is 0 Å². The summed E-state index contributed by atoms with van der Waals surface area (Å²) in [5, 5.41) is 0. The van der Waals surface area contributed by atoms with Crippen molar-refractivity contribution in [3.05, 3.63) is 59.7 Å². The van der Waals surface area contributed by atoms with Crippen molar-refractivity contribution in [3.8, 4) is 0 Å². The van der Waals surface area contributed by atoms with Gasteiger partial charge in [-0.25, -0.2) is 0 Å². The van der Waals surface area contributed by atoms with E-state index in [4.69, 9.17) is 9.98 Å². The zero-order valence-electron chi connectivity index (χ0n) is 15.2. The highest BCUT2D eigenvalue weighted by molar-refractivity contribution is 6.14. The molecule has 0 N–H and O–H groups in total. The summed E-state index contributed by atoms with van der Waals surface area (Å²) < 4.78 is 0. The molecule has 2 nitrogen and oxygen atoms in total. The molecule has 0 saturated heterocycles.